The zero-order valence-corrected chi connectivity index (χ0v) is 16.4. The molecule has 2 aromatic rings. The van der Waals surface area contributed by atoms with E-state index in [1.807, 2.05) is 44.2 Å². The van der Waals surface area contributed by atoms with E-state index in [0.717, 1.165) is 10.6 Å². The van der Waals surface area contributed by atoms with E-state index in [0.29, 0.717) is 17.9 Å². The van der Waals surface area contributed by atoms with Gasteiger partial charge < -0.3 is 20.9 Å². The first kappa shape index (κ1) is 21.1. The highest BCUT2D eigenvalue weighted by Gasteiger charge is 2.26. The second-order valence-corrected chi connectivity index (χ2v) is 6.57. The van der Waals surface area contributed by atoms with E-state index < -0.39 is 0 Å². The smallest absolute Gasteiger partial charge is 0.282 e. The van der Waals surface area contributed by atoms with Crippen molar-refractivity contribution in [3.8, 4) is 0 Å². The van der Waals surface area contributed by atoms with Crippen LogP contribution in [0.1, 0.15) is 20.8 Å². The molecule has 0 aliphatic rings. The SMILES string of the molecule is CC[NH+](CC(=O)Nc1ccc(NC(C)=O)cc1)[C@@H](C)C(=O)Nc1ccccc1. The third kappa shape index (κ3) is 6.51. The van der Waals surface area contributed by atoms with Crippen molar-refractivity contribution in [3.63, 3.8) is 0 Å². The van der Waals surface area contributed by atoms with Crippen molar-refractivity contribution in [2.75, 3.05) is 29.0 Å². The van der Waals surface area contributed by atoms with Crippen LogP contribution in [-0.4, -0.2) is 36.9 Å². The van der Waals surface area contributed by atoms with Gasteiger partial charge in [0.1, 0.15) is 0 Å². The molecule has 0 aliphatic heterocycles. The molecular formula is C21H27N4O3+. The fourth-order valence-electron chi connectivity index (χ4n) is 2.79. The molecular weight excluding hydrogens is 356 g/mol. The van der Waals surface area contributed by atoms with Crippen LogP contribution >= 0.6 is 0 Å². The second kappa shape index (κ2) is 10.2. The maximum atomic E-state index is 12.5. The summed E-state index contributed by atoms with van der Waals surface area (Å²) in [6, 6.07) is 15.8. The van der Waals surface area contributed by atoms with Gasteiger partial charge in [-0.05, 0) is 50.2 Å². The average Bonchev–Trinajstić information content (AvgIpc) is 2.67. The van der Waals surface area contributed by atoms with Crippen LogP contribution in [0.15, 0.2) is 54.6 Å². The van der Waals surface area contributed by atoms with E-state index >= 15 is 0 Å². The van der Waals surface area contributed by atoms with Crippen molar-refractivity contribution in [2.45, 2.75) is 26.8 Å². The molecule has 0 radical (unpaired) electrons. The summed E-state index contributed by atoms with van der Waals surface area (Å²) in [5, 5.41) is 8.38. The van der Waals surface area contributed by atoms with Gasteiger partial charge in [-0.15, -0.1) is 0 Å². The summed E-state index contributed by atoms with van der Waals surface area (Å²) in [5.41, 5.74) is 2.03. The number of carbonyl (C=O) groups excluding carboxylic acids is 3. The number of hydrogen-bond acceptors (Lipinski definition) is 3. The van der Waals surface area contributed by atoms with Crippen LogP contribution in [-0.2, 0) is 14.4 Å². The van der Waals surface area contributed by atoms with E-state index in [1.165, 1.54) is 6.92 Å². The van der Waals surface area contributed by atoms with Crippen molar-refractivity contribution in [2.24, 2.45) is 0 Å². The maximum Gasteiger partial charge on any atom is 0.282 e. The molecule has 2 rings (SSSR count). The highest BCUT2D eigenvalue weighted by molar-refractivity contribution is 5.95. The standard InChI is InChI=1S/C21H26N4O3/c1-4-25(15(2)21(28)24-17-8-6-5-7-9-17)14-20(27)23-19-12-10-18(11-13-19)22-16(3)26/h5-13,15H,4,14H2,1-3H3,(H,22,26)(H,23,27)(H,24,28)/p+1/t15-/m0/s1. The zero-order chi connectivity index (χ0) is 20.5. The van der Waals surface area contributed by atoms with Crippen molar-refractivity contribution in [1.82, 2.24) is 0 Å². The minimum atomic E-state index is -0.377. The Morgan fingerprint density at radius 1 is 0.857 bits per heavy atom. The Bertz CT molecular complexity index is 806. The summed E-state index contributed by atoms with van der Waals surface area (Å²) in [4.78, 5) is 36.8. The van der Waals surface area contributed by atoms with Gasteiger partial charge in [0.05, 0.1) is 6.54 Å². The predicted octanol–water partition coefficient (Wildman–Crippen LogP) is 1.52. The Morgan fingerprint density at radius 3 is 1.93 bits per heavy atom. The molecule has 0 heterocycles. The molecule has 0 bridgehead atoms. The van der Waals surface area contributed by atoms with Crippen LogP contribution in [0.3, 0.4) is 0 Å². The molecule has 28 heavy (non-hydrogen) atoms. The maximum absolute atomic E-state index is 12.5. The first-order valence-corrected chi connectivity index (χ1v) is 9.27. The van der Waals surface area contributed by atoms with Gasteiger partial charge in [0.15, 0.2) is 12.6 Å². The highest BCUT2D eigenvalue weighted by Crippen LogP contribution is 2.13. The molecule has 4 N–H and O–H groups in total. The van der Waals surface area contributed by atoms with Crippen molar-refractivity contribution >= 4 is 34.8 Å². The van der Waals surface area contributed by atoms with Crippen LogP contribution in [0.2, 0.25) is 0 Å². The largest absolute Gasteiger partial charge is 0.326 e. The van der Waals surface area contributed by atoms with Crippen LogP contribution in [0.4, 0.5) is 17.1 Å². The fourth-order valence-corrected chi connectivity index (χ4v) is 2.79. The topological polar surface area (TPSA) is 91.7 Å². The molecule has 148 valence electrons. The zero-order valence-electron chi connectivity index (χ0n) is 16.4. The highest BCUT2D eigenvalue weighted by atomic mass is 16.2. The Balaban J connectivity index is 1.90. The lowest BCUT2D eigenvalue weighted by Gasteiger charge is -2.23. The summed E-state index contributed by atoms with van der Waals surface area (Å²) in [7, 11) is 0. The Kier molecular flexibility index (Phi) is 7.71. The Morgan fingerprint density at radius 2 is 1.39 bits per heavy atom. The monoisotopic (exact) mass is 383 g/mol. The van der Waals surface area contributed by atoms with Crippen LogP contribution in [0, 0.1) is 0 Å². The molecule has 2 aromatic carbocycles. The molecule has 0 spiro atoms. The van der Waals surface area contributed by atoms with Gasteiger partial charge in [-0.25, -0.2) is 0 Å². The molecule has 0 saturated carbocycles. The Labute approximate surface area is 165 Å². The van der Waals surface area contributed by atoms with E-state index in [2.05, 4.69) is 16.0 Å². The quantitative estimate of drug-likeness (QED) is 0.557. The number of quaternary nitrogens is 1. The van der Waals surface area contributed by atoms with Crippen LogP contribution < -0.4 is 20.9 Å². The predicted molar refractivity (Wildman–Crippen MR) is 110 cm³/mol. The first-order chi connectivity index (χ1) is 13.4. The molecule has 0 saturated heterocycles. The minimum Gasteiger partial charge on any atom is -0.326 e. The molecule has 0 fully saturated rings. The number of para-hydroxylation sites is 1. The molecule has 0 aliphatic carbocycles. The van der Waals surface area contributed by atoms with E-state index in [1.54, 1.807) is 24.3 Å². The van der Waals surface area contributed by atoms with Crippen molar-refractivity contribution in [3.05, 3.63) is 54.6 Å². The lowest BCUT2D eigenvalue weighted by atomic mass is 10.2. The fraction of sp³-hybridized carbons (Fsp3) is 0.286. The number of carbonyl (C=O) groups is 3. The van der Waals surface area contributed by atoms with Crippen LogP contribution in [0.5, 0.6) is 0 Å². The van der Waals surface area contributed by atoms with E-state index in [4.69, 9.17) is 0 Å². The lowest BCUT2D eigenvalue weighted by Crippen LogP contribution is -3.17. The molecule has 2 atom stereocenters. The normalized spacial score (nSPS) is 12.5. The summed E-state index contributed by atoms with van der Waals surface area (Å²) < 4.78 is 0. The van der Waals surface area contributed by atoms with Gasteiger partial charge in [0.2, 0.25) is 5.91 Å². The number of likely N-dealkylation sites (N-methyl/N-ethyl adjacent to an activating group) is 1. The number of amides is 3. The third-order valence-electron chi connectivity index (χ3n) is 4.38. The summed E-state index contributed by atoms with van der Waals surface area (Å²) in [5.74, 6) is -0.458. The van der Waals surface area contributed by atoms with Gasteiger partial charge in [0, 0.05) is 24.0 Å². The van der Waals surface area contributed by atoms with Gasteiger partial charge in [0.25, 0.3) is 11.8 Å². The molecule has 7 heteroatoms. The average molecular weight is 383 g/mol. The van der Waals surface area contributed by atoms with Crippen molar-refractivity contribution in [1.29, 1.82) is 0 Å². The van der Waals surface area contributed by atoms with Crippen LogP contribution in [0.25, 0.3) is 0 Å². The molecule has 7 nitrogen and oxygen atoms in total. The minimum absolute atomic E-state index is 0.129. The third-order valence-corrected chi connectivity index (χ3v) is 4.38. The van der Waals surface area contributed by atoms with Crippen molar-refractivity contribution < 1.29 is 19.3 Å². The van der Waals surface area contributed by atoms with E-state index in [9.17, 15) is 14.4 Å². The molecule has 0 aromatic heterocycles. The number of hydrogen-bond donors (Lipinski definition) is 4. The number of benzene rings is 2. The number of rotatable bonds is 8. The Hall–Kier alpha value is -3.19. The lowest BCUT2D eigenvalue weighted by molar-refractivity contribution is -0.904. The van der Waals surface area contributed by atoms with Gasteiger partial charge in [-0.3, -0.25) is 14.4 Å². The summed E-state index contributed by atoms with van der Waals surface area (Å²) >= 11 is 0. The van der Waals surface area contributed by atoms with Gasteiger partial charge in [-0.2, -0.15) is 0 Å². The number of nitrogens with one attached hydrogen (secondary N) is 4. The van der Waals surface area contributed by atoms with Gasteiger partial charge >= 0.3 is 0 Å². The number of anilines is 3. The first-order valence-electron chi connectivity index (χ1n) is 9.27. The molecule has 3 amide bonds. The summed E-state index contributed by atoms with van der Waals surface area (Å²) in [6.07, 6.45) is 0. The van der Waals surface area contributed by atoms with Gasteiger partial charge in [-0.1, -0.05) is 18.2 Å². The summed E-state index contributed by atoms with van der Waals surface area (Å²) in [6.45, 7) is 6.00. The second-order valence-electron chi connectivity index (χ2n) is 6.57. The van der Waals surface area contributed by atoms with E-state index in [-0.39, 0.29) is 30.3 Å². The molecule has 1 unspecified atom stereocenters.